The Labute approximate surface area is 121 Å². The smallest absolute Gasteiger partial charge is 0.213 e. The van der Waals surface area contributed by atoms with Gasteiger partial charge in [0.2, 0.25) is 5.88 Å². The minimum atomic E-state index is 0.554. The summed E-state index contributed by atoms with van der Waals surface area (Å²) >= 11 is 0. The van der Waals surface area contributed by atoms with Crippen molar-refractivity contribution >= 4 is 0 Å². The van der Waals surface area contributed by atoms with Crippen molar-refractivity contribution in [3.63, 3.8) is 0 Å². The molecule has 1 aliphatic carbocycles. The zero-order chi connectivity index (χ0) is 14.4. The van der Waals surface area contributed by atoms with Crippen LogP contribution in [0.1, 0.15) is 37.9 Å². The van der Waals surface area contributed by atoms with E-state index < -0.39 is 0 Å². The summed E-state index contributed by atoms with van der Waals surface area (Å²) in [5, 5.41) is 3.50. The van der Waals surface area contributed by atoms with Gasteiger partial charge in [-0.05, 0) is 31.2 Å². The van der Waals surface area contributed by atoms with Gasteiger partial charge < -0.3 is 14.8 Å². The van der Waals surface area contributed by atoms with Crippen LogP contribution < -0.4 is 10.1 Å². The van der Waals surface area contributed by atoms with Gasteiger partial charge in [0.25, 0.3) is 0 Å². The van der Waals surface area contributed by atoms with Crippen LogP contribution in [0.4, 0.5) is 0 Å². The predicted molar refractivity (Wildman–Crippen MR) is 80.0 cm³/mol. The molecule has 1 aromatic rings. The van der Waals surface area contributed by atoms with Crippen LogP contribution in [0.15, 0.2) is 12.1 Å². The van der Waals surface area contributed by atoms with E-state index in [2.05, 4.69) is 30.2 Å². The zero-order valence-electron chi connectivity index (χ0n) is 12.8. The number of aryl methyl sites for hydroxylation is 1. The van der Waals surface area contributed by atoms with Crippen molar-refractivity contribution in [2.24, 2.45) is 5.92 Å². The van der Waals surface area contributed by atoms with Gasteiger partial charge in [-0.3, -0.25) is 0 Å². The third-order valence-corrected chi connectivity index (χ3v) is 3.26. The molecule has 0 unspecified atom stereocenters. The SMILES string of the molecule is Cc1nc(OCCOCC(C)C)ccc1CNC1CC1. The van der Waals surface area contributed by atoms with Gasteiger partial charge in [0.15, 0.2) is 0 Å². The van der Waals surface area contributed by atoms with Crippen LogP contribution in [-0.4, -0.2) is 30.8 Å². The quantitative estimate of drug-likeness (QED) is 0.705. The minimum Gasteiger partial charge on any atom is -0.475 e. The van der Waals surface area contributed by atoms with Gasteiger partial charge in [0.05, 0.1) is 6.61 Å². The van der Waals surface area contributed by atoms with Gasteiger partial charge in [0.1, 0.15) is 6.61 Å². The topological polar surface area (TPSA) is 43.4 Å². The predicted octanol–water partition coefficient (Wildman–Crippen LogP) is 2.69. The standard InChI is InChI=1S/C16H26N2O2/c1-12(2)11-19-8-9-20-16-7-4-14(13(3)18-16)10-17-15-5-6-15/h4,7,12,15,17H,5-6,8-11H2,1-3H3. The van der Waals surface area contributed by atoms with Crippen LogP contribution in [0.5, 0.6) is 5.88 Å². The molecule has 4 heteroatoms. The van der Waals surface area contributed by atoms with Gasteiger partial charge in [-0.2, -0.15) is 0 Å². The highest BCUT2D eigenvalue weighted by Gasteiger charge is 2.20. The number of pyridine rings is 1. The number of nitrogens with one attached hydrogen (secondary N) is 1. The average Bonchev–Trinajstić information content (AvgIpc) is 3.21. The van der Waals surface area contributed by atoms with Crippen LogP contribution in [0.3, 0.4) is 0 Å². The van der Waals surface area contributed by atoms with E-state index in [4.69, 9.17) is 9.47 Å². The summed E-state index contributed by atoms with van der Waals surface area (Å²) in [6, 6.07) is 4.77. The second-order valence-electron chi connectivity index (χ2n) is 5.87. The largest absolute Gasteiger partial charge is 0.475 e. The first-order valence-electron chi connectivity index (χ1n) is 7.55. The Kier molecular flexibility index (Phi) is 5.80. The van der Waals surface area contributed by atoms with Crippen LogP contribution in [0.25, 0.3) is 0 Å². The fourth-order valence-electron chi connectivity index (χ4n) is 1.90. The Morgan fingerprint density at radius 1 is 1.30 bits per heavy atom. The molecule has 1 fully saturated rings. The highest BCUT2D eigenvalue weighted by molar-refractivity contribution is 5.25. The van der Waals surface area contributed by atoms with E-state index >= 15 is 0 Å². The number of nitrogens with zero attached hydrogens (tertiary/aromatic N) is 1. The van der Waals surface area contributed by atoms with Crippen molar-refractivity contribution in [2.75, 3.05) is 19.8 Å². The highest BCUT2D eigenvalue weighted by atomic mass is 16.5. The zero-order valence-corrected chi connectivity index (χ0v) is 12.8. The summed E-state index contributed by atoms with van der Waals surface area (Å²) < 4.78 is 11.1. The van der Waals surface area contributed by atoms with Crippen molar-refractivity contribution < 1.29 is 9.47 Å². The molecule has 0 spiro atoms. The molecule has 20 heavy (non-hydrogen) atoms. The first kappa shape index (κ1) is 15.3. The molecule has 0 saturated heterocycles. The molecule has 0 amide bonds. The summed E-state index contributed by atoms with van der Waals surface area (Å²) in [5.74, 6) is 1.25. The lowest BCUT2D eigenvalue weighted by Crippen LogP contribution is -2.16. The Morgan fingerprint density at radius 3 is 2.75 bits per heavy atom. The molecule has 1 N–H and O–H groups in total. The molecule has 1 aromatic heterocycles. The fourth-order valence-corrected chi connectivity index (χ4v) is 1.90. The number of ether oxygens (including phenoxy) is 2. The Bertz CT molecular complexity index is 417. The number of hydrogen-bond acceptors (Lipinski definition) is 4. The molecule has 1 aliphatic rings. The summed E-state index contributed by atoms with van der Waals surface area (Å²) in [6.07, 6.45) is 2.62. The molecule has 1 saturated carbocycles. The average molecular weight is 278 g/mol. The van der Waals surface area contributed by atoms with Crippen LogP contribution >= 0.6 is 0 Å². The Morgan fingerprint density at radius 2 is 2.10 bits per heavy atom. The second kappa shape index (κ2) is 7.60. The maximum absolute atomic E-state index is 5.61. The van der Waals surface area contributed by atoms with Crippen LogP contribution in [-0.2, 0) is 11.3 Å². The van der Waals surface area contributed by atoms with Crippen molar-refractivity contribution in [3.8, 4) is 5.88 Å². The lowest BCUT2D eigenvalue weighted by molar-refractivity contribution is 0.0806. The van der Waals surface area contributed by atoms with E-state index in [1.807, 2.05) is 13.0 Å². The van der Waals surface area contributed by atoms with E-state index in [1.54, 1.807) is 0 Å². The van der Waals surface area contributed by atoms with Gasteiger partial charge in [-0.1, -0.05) is 19.9 Å². The minimum absolute atomic E-state index is 0.554. The molecule has 0 bridgehead atoms. The van der Waals surface area contributed by atoms with E-state index in [1.165, 1.54) is 18.4 Å². The maximum atomic E-state index is 5.61. The maximum Gasteiger partial charge on any atom is 0.213 e. The van der Waals surface area contributed by atoms with E-state index in [9.17, 15) is 0 Å². The summed E-state index contributed by atoms with van der Waals surface area (Å²) in [5.41, 5.74) is 2.29. The normalized spacial score (nSPS) is 14.8. The lowest BCUT2D eigenvalue weighted by Gasteiger charge is -2.10. The third kappa shape index (κ3) is 5.47. The Balaban J connectivity index is 1.70. The van der Waals surface area contributed by atoms with Crippen LogP contribution in [0, 0.1) is 12.8 Å². The first-order valence-corrected chi connectivity index (χ1v) is 7.55. The molecule has 4 nitrogen and oxygen atoms in total. The molecule has 0 aliphatic heterocycles. The van der Waals surface area contributed by atoms with E-state index in [0.717, 1.165) is 24.9 Å². The molecule has 1 heterocycles. The molecule has 2 rings (SSSR count). The van der Waals surface area contributed by atoms with E-state index in [-0.39, 0.29) is 0 Å². The Hall–Kier alpha value is -1.13. The molecule has 0 aromatic carbocycles. The van der Waals surface area contributed by atoms with Crippen molar-refractivity contribution in [1.82, 2.24) is 10.3 Å². The molecule has 0 atom stereocenters. The van der Waals surface area contributed by atoms with Gasteiger partial charge in [-0.15, -0.1) is 0 Å². The summed E-state index contributed by atoms with van der Waals surface area (Å²) in [7, 11) is 0. The first-order chi connectivity index (χ1) is 9.65. The number of hydrogen-bond donors (Lipinski definition) is 1. The molecular weight excluding hydrogens is 252 g/mol. The molecule has 0 radical (unpaired) electrons. The third-order valence-electron chi connectivity index (χ3n) is 3.26. The van der Waals surface area contributed by atoms with Crippen LogP contribution in [0.2, 0.25) is 0 Å². The van der Waals surface area contributed by atoms with Crippen molar-refractivity contribution in [3.05, 3.63) is 23.4 Å². The lowest BCUT2D eigenvalue weighted by atomic mass is 10.2. The van der Waals surface area contributed by atoms with Gasteiger partial charge in [-0.25, -0.2) is 4.98 Å². The molecule has 112 valence electrons. The fraction of sp³-hybridized carbons (Fsp3) is 0.688. The summed E-state index contributed by atoms with van der Waals surface area (Å²) in [4.78, 5) is 4.49. The van der Waals surface area contributed by atoms with Gasteiger partial charge >= 0.3 is 0 Å². The monoisotopic (exact) mass is 278 g/mol. The van der Waals surface area contributed by atoms with Gasteiger partial charge in [0, 0.05) is 31.0 Å². The van der Waals surface area contributed by atoms with E-state index in [0.29, 0.717) is 25.0 Å². The highest BCUT2D eigenvalue weighted by Crippen LogP contribution is 2.20. The number of rotatable bonds is 9. The summed E-state index contributed by atoms with van der Waals surface area (Å²) in [6.45, 7) is 9.16. The molecular formula is C16H26N2O2. The second-order valence-corrected chi connectivity index (χ2v) is 5.87. The van der Waals surface area contributed by atoms with Crippen molar-refractivity contribution in [1.29, 1.82) is 0 Å². The number of aromatic nitrogens is 1. The van der Waals surface area contributed by atoms with Crippen molar-refractivity contribution in [2.45, 2.75) is 46.2 Å².